The fourth-order valence-corrected chi connectivity index (χ4v) is 1.51. The van der Waals surface area contributed by atoms with E-state index in [1.165, 1.54) is 11.1 Å². The van der Waals surface area contributed by atoms with Gasteiger partial charge < -0.3 is 5.11 Å². The third-order valence-corrected chi connectivity index (χ3v) is 2.42. The maximum absolute atomic E-state index is 9.88. The molecule has 0 saturated carbocycles. The zero-order chi connectivity index (χ0) is 14.2. The molecular weight excluding hydrogens is 256 g/mol. The van der Waals surface area contributed by atoms with Crippen molar-refractivity contribution in [3.63, 3.8) is 0 Å². The second kappa shape index (κ2) is 6.79. The summed E-state index contributed by atoms with van der Waals surface area (Å²) in [6.07, 6.45) is 0. The highest BCUT2D eigenvalue weighted by molar-refractivity contribution is 5.82. The highest BCUT2D eigenvalue weighted by atomic mass is 16.4. The van der Waals surface area contributed by atoms with Gasteiger partial charge in [-0.05, 0) is 16.3 Å². The summed E-state index contributed by atoms with van der Waals surface area (Å²) < 4.78 is 0. The van der Waals surface area contributed by atoms with E-state index in [2.05, 4.69) is 63.9 Å². The molecular formula is C14H12N4O2. The number of aromatic amines is 1. The molecule has 6 nitrogen and oxygen atoms in total. The summed E-state index contributed by atoms with van der Waals surface area (Å²) in [5.74, 6) is -1.50. The van der Waals surface area contributed by atoms with Gasteiger partial charge in [0.1, 0.15) is 0 Å². The van der Waals surface area contributed by atoms with E-state index in [0.29, 0.717) is 0 Å². The smallest absolute Gasteiger partial charge is 0.377 e. The minimum absolute atomic E-state index is 0.315. The molecule has 1 heterocycles. The number of rotatable bonds is 2. The van der Waals surface area contributed by atoms with Crippen molar-refractivity contribution in [2.75, 3.05) is 0 Å². The van der Waals surface area contributed by atoms with Crippen molar-refractivity contribution in [2.45, 2.75) is 0 Å². The zero-order valence-electron chi connectivity index (χ0n) is 10.5. The molecule has 0 aliphatic carbocycles. The first-order valence-corrected chi connectivity index (χ1v) is 5.84. The third kappa shape index (κ3) is 3.74. The Hall–Kier alpha value is -3.02. The van der Waals surface area contributed by atoms with Crippen LogP contribution in [0.2, 0.25) is 0 Å². The fraction of sp³-hybridized carbons (Fsp3) is 0. The van der Waals surface area contributed by atoms with Gasteiger partial charge in [0, 0.05) is 0 Å². The number of tetrazole rings is 1. The van der Waals surface area contributed by atoms with Crippen molar-refractivity contribution in [3.8, 4) is 11.1 Å². The molecule has 0 aliphatic rings. The van der Waals surface area contributed by atoms with Crippen molar-refractivity contribution >= 4 is 5.97 Å². The van der Waals surface area contributed by atoms with E-state index < -0.39 is 5.97 Å². The van der Waals surface area contributed by atoms with Crippen LogP contribution in [-0.2, 0) is 0 Å². The molecule has 0 fully saturated rings. The van der Waals surface area contributed by atoms with E-state index in [9.17, 15) is 4.79 Å². The number of hydrogen-bond donors (Lipinski definition) is 2. The van der Waals surface area contributed by atoms with E-state index in [1.54, 1.807) is 0 Å². The Balaban J connectivity index is 0.000000160. The van der Waals surface area contributed by atoms with E-state index in [0.717, 1.165) is 0 Å². The molecule has 0 spiro atoms. The Bertz CT molecular complexity index is 602. The van der Waals surface area contributed by atoms with Gasteiger partial charge in [-0.25, -0.2) is 4.79 Å². The Labute approximate surface area is 115 Å². The monoisotopic (exact) mass is 268 g/mol. The predicted octanol–water partition coefficient (Wildman–Crippen LogP) is 2.25. The largest absolute Gasteiger partial charge is 0.475 e. The molecule has 3 rings (SSSR count). The topological polar surface area (TPSA) is 91.8 Å². The van der Waals surface area contributed by atoms with Crippen molar-refractivity contribution < 1.29 is 9.90 Å². The summed E-state index contributed by atoms with van der Waals surface area (Å²) in [4.78, 5) is 9.88. The number of nitrogens with one attached hydrogen (secondary N) is 1. The first-order valence-electron chi connectivity index (χ1n) is 5.84. The lowest BCUT2D eigenvalue weighted by molar-refractivity contribution is 0.0683. The lowest BCUT2D eigenvalue weighted by Crippen LogP contribution is -1.98. The molecule has 0 atom stereocenters. The van der Waals surface area contributed by atoms with Crippen molar-refractivity contribution in [2.24, 2.45) is 0 Å². The molecule has 0 saturated heterocycles. The van der Waals surface area contributed by atoms with Crippen LogP contribution in [-0.4, -0.2) is 31.7 Å². The number of aromatic carboxylic acids is 1. The van der Waals surface area contributed by atoms with Crippen LogP contribution < -0.4 is 0 Å². The summed E-state index contributed by atoms with van der Waals surface area (Å²) >= 11 is 0. The van der Waals surface area contributed by atoms with E-state index in [4.69, 9.17) is 5.11 Å². The molecule has 0 amide bonds. The summed E-state index contributed by atoms with van der Waals surface area (Å²) in [7, 11) is 0. The number of aromatic nitrogens is 4. The Morgan fingerprint density at radius 3 is 1.70 bits per heavy atom. The average molecular weight is 268 g/mol. The van der Waals surface area contributed by atoms with Gasteiger partial charge in [0.2, 0.25) is 0 Å². The molecule has 2 aromatic carbocycles. The highest BCUT2D eigenvalue weighted by Gasteiger charge is 2.04. The van der Waals surface area contributed by atoms with Crippen molar-refractivity contribution in [3.05, 3.63) is 66.5 Å². The fourth-order valence-electron chi connectivity index (χ4n) is 1.51. The van der Waals surface area contributed by atoms with Gasteiger partial charge in [-0.1, -0.05) is 60.7 Å². The molecule has 2 N–H and O–H groups in total. The molecule has 20 heavy (non-hydrogen) atoms. The quantitative estimate of drug-likeness (QED) is 0.743. The second-order valence-electron chi connectivity index (χ2n) is 3.77. The van der Waals surface area contributed by atoms with Crippen LogP contribution in [0, 0.1) is 0 Å². The van der Waals surface area contributed by atoms with Crippen LogP contribution >= 0.6 is 0 Å². The van der Waals surface area contributed by atoms with Gasteiger partial charge in [0.15, 0.2) is 0 Å². The highest BCUT2D eigenvalue weighted by Crippen LogP contribution is 2.17. The van der Waals surface area contributed by atoms with Crippen molar-refractivity contribution in [1.29, 1.82) is 0 Å². The van der Waals surface area contributed by atoms with Gasteiger partial charge in [-0.3, -0.25) is 0 Å². The lowest BCUT2D eigenvalue weighted by atomic mass is 10.1. The second-order valence-corrected chi connectivity index (χ2v) is 3.77. The normalized spacial score (nSPS) is 9.40. The standard InChI is InChI=1S/C12H10.C2H2N4O2/c1-3-7-11(8-4-1)12-9-5-2-6-10-12;7-2(8)1-3-5-6-4-1/h1-10H;(H,7,8)(H,3,4,5,6). The maximum Gasteiger partial charge on any atom is 0.377 e. The van der Waals surface area contributed by atoms with Gasteiger partial charge >= 0.3 is 5.97 Å². The van der Waals surface area contributed by atoms with Gasteiger partial charge in [0.25, 0.3) is 5.82 Å². The molecule has 100 valence electrons. The van der Waals surface area contributed by atoms with Gasteiger partial charge in [0.05, 0.1) is 0 Å². The number of hydrogen-bond acceptors (Lipinski definition) is 4. The molecule has 0 radical (unpaired) electrons. The first kappa shape index (κ1) is 13.4. The molecule has 6 heteroatoms. The predicted molar refractivity (Wildman–Crippen MR) is 73.0 cm³/mol. The SMILES string of the molecule is O=C(O)c1nn[nH]n1.c1ccc(-c2ccccc2)cc1. The average Bonchev–Trinajstić information content (AvgIpc) is 3.04. The number of benzene rings is 2. The lowest BCUT2D eigenvalue weighted by Gasteiger charge is -1.98. The van der Waals surface area contributed by atoms with Crippen LogP contribution in [0.15, 0.2) is 60.7 Å². The molecule has 1 aromatic heterocycles. The molecule has 3 aromatic rings. The summed E-state index contributed by atoms with van der Waals surface area (Å²) in [5.41, 5.74) is 2.55. The first-order chi connectivity index (χ1) is 9.77. The minimum atomic E-state index is -1.18. The third-order valence-electron chi connectivity index (χ3n) is 2.42. The number of carboxylic acid groups (broad SMARTS) is 1. The number of carboxylic acids is 1. The maximum atomic E-state index is 9.88. The summed E-state index contributed by atoms with van der Waals surface area (Å²) in [5, 5.41) is 19.5. The number of H-pyrrole nitrogens is 1. The van der Waals surface area contributed by atoms with E-state index in [-0.39, 0.29) is 5.82 Å². The molecule has 0 bridgehead atoms. The van der Waals surface area contributed by atoms with Crippen LogP contribution in [0.1, 0.15) is 10.6 Å². The number of carbonyl (C=O) groups is 1. The minimum Gasteiger partial charge on any atom is -0.475 e. The number of nitrogens with zero attached hydrogens (tertiary/aromatic N) is 3. The molecule has 0 aliphatic heterocycles. The van der Waals surface area contributed by atoms with Gasteiger partial charge in [-0.15, -0.1) is 10.2 Å². The van der Waals surface area contributed by atoms with Crippen LogP contribution in [0.5, 0.6) is 0 Å². The Morgan fingerprint density at radius 2 is 1.40 bits per heavy atom. The van der Waals surface area contributed by atoms with E-state index in [1.807, 2.05) is 17.3 Å². The van der Waals surface area contributed by atoms with Crippen molar-refractivity contribution in [1.82, 2.24) is 20.6 Å². The Kier molecular flexibility index (Phi) is 4.55. The Morgan fingerprint density at radius 1 is 0.900 bits per heavy atom. The van der Waals surface area contributed by atoms with Crippen LogP contribution in [0.4, 0.5) is 0 Å². The van der Waals surface area contributed by atoms with Crippen LogP contribution in [0.3, 0.4) is 0 Å². The van der Waals surface area contributed by atoms with E-state index >= 15 is 0 Å². The van der Waals surface area contributed by atoms with Crippen LogP contribution in [0.25, 0.3) is 11.1 Å². The summed E-state index contributed by atoms with van der Waals surface area (Å²) in [6.45, 7) is 0. The van der Waals surface area contributed by atoms with Gasteiger partial charge in [-0.2, -0.15) is 5.21 Å². The zero-order valence-corrected chi connectivity index (χ0v) is 10.5. The summed E-state index contributed by atoms with van der Waals surface area (Å²) in [6, 6.07) is 20.8. The molecule has 0 unspecified atom stereocenters.